The van der Waals surface area contributed by atoms with E-state index in [0.717, 1.165) is 24.3 Å². The summed E-state index contributed by atoms with van der Waals surface area (Å²) < 4.78 is 57.0. The van der Waals surface area contributed by atoms with Crippen LogP contribution in [0.3, 0.4) is 0 Å². The molecule has 0 fully saturated rings. The third kappa shape index (κ3) is 4.36. The molecule has 7 heteroatoms. The third-order valence-electron chi connectivity index (χ3n) is 3.95. The van der Waals surface area contributed by atoms with Crippen molar-refractivity contribution in [1.82, 2.24) is 5.32 Å². The number of hydrogen-bond donors (Lipinski definition) is 1. The molecule has 0 spiro atoms. The maximum Gasteiger partial charge on any atom is 0.416 e. The Morgan fingerprint density at radius 3 is 2.20 bits per heavy atom. The van der Waals surface area contributed by atoms with Crippen molar-refractivity contribution < 1.29 is 27.1 Å². The van der Waals surface area contributed by atoms with Crippen LogP contribution in [0.1, 0.15) is 28.4 Å². The lowest BCUT2D eigenvalue weighted by molar-refractivity contribution is -0.137. The topological polar surface area (TPSA) is 38.3 Å². The molecule has 0 aromatic heterocycles. The molecule has 3 nitrogen and oxygen atoms in total. The molecule has 2 aromatic rings. The molecule has 1 unspecified atom stereocenters. The zero-order valence-electron chi connectivity index (χ0n) is 13.7. The van der Waals surface area contributed by atoms with Crippen molar-refractivity contribution in [3.63, 3.8) is 0 Å². The lowest BCUT2D eigenvalue weighted by Crippen LogP contribution is -2.40. The minimum atomic E-state index is -4.46. The predicted molar refractivity (Wildman–Crippen MR) is 84.5 cm³/mol. The molecule has 2 rings (SSSR count). The first-order valence-corrected chi connectivity index (χ1v) is 7.43. The zero-order valence-corrected chi connectivity index (χ0v) is 13.7. The average Bonchev–Trinajstić information content (AvgIpc) is 2.59. The van der Waals surface area contributed by atoms with Crippen LogP contribution in [-0.2, 0) is 16.5 Å². The fraction of sp³-hybridized carbons (Fsp3) is 0.278. The van der Waals surface area contributed by atoms with Gasteiger partial charge in [-0.1, -0.05) is 18.2 Å². The Morgan fingerprint density at radius 1 is 1.08 bits per heavy atom. The number of amides is 1. The largest absolute Gasteiger partial charge is 0.416 e. The molecule has 25 heavy (non-hydrogen) atoms. The Balaban J connectivity index is 2.11. The van der Waals surface area contributed by atoms with E-state index in [1.54, 1.807) is 19.1 Å². The van der Waals surface area contributed by atoms with Crippen molar-refractivity contribution in [3.8, 4) is 0 Å². The van der Waals surface area contributed by atoms with E-state index < -0.39 is 29.1 Å². The molecule has 1 amide bonds. The van der Waals surface area contributed by atoms with Gasteiger partial charge in [-0.25, -0.2) is 4.39 Å². The first kappa shape index (κ1) is 18.9. The summed E-state index contributed by atoms with van der Waals surface area (Å²) in [7, 11) is 1.39. The van der Waals surface area contributed by atoms with Crippen LogP contribution in [0.4, 0.5) is 17.6 Å². The molecular formula is C18H17F4NO2. The maximum absolute atomic E-state index is 14.0. The zero-order chi connectivity index (χ0) is 18.7. The lowest BCUT2D eigenvalue weighted by atomic mass is 9.95. The van der Waals surface area contributed by atoms with Crippen molar-refractivity contribution in [2.75, 3.05) is 13.7 Å². The number of alkyl halides is 3. The van der Waals surface area contributed by atoms with E-state index in [0.29, 0.717) is 0 Å². The molecule has 2 aromatic carbocycles. The van der Waals surface area contributed by atoms with E-state index in [9.17, 15) is 22.4 Å². The van der Waals surface area contributed by atoms with E-state index >= 15 is 0 Å². The van der Waals surface area contributed by atoms with Gasteiger partial charge in [-0.15, -0.1) is 0 Å². The molecule has 134 valence electrons. The Bertz CT molecular complexity index is 743. The normalized spacial score (nSPS) is 14.0. The van der Waals surface area contributed by atoms with Crippen molar-refractivity contribution in [1.29, 1.82) is 0 Å². The average molecular weight is 355 g/mol. The van der Waals surface area contributed by atoms with Gasteiger partial charge in [-0.3, -0.25) is 4.79 Å². The van der Waals surface area contributed by atoms with Crippen LogP contribution in [0.5, 0.6) is 0 Å². The summed E-state index contributed by atoms with van der Waals surface area (Å²) in [5, 5.41) is 2.56. The summed E-state index contributed by atoms with van der Waals surface area (Å²) in [6.45, 7) is 1.56. The molecule has 0 aliphatic rings. The summed E-state index contributed by atoms with van der Waals surface area (Å²) in [6.07, 6.45) is -4.46. The van der Waals surface area contributed by atoms with Crippen molar-refractivity contribution in [2.45, 2.75) is 18.7 Å². The first-order chi connectivity index (χ1) is 11.7. The quantitative estimate of drug-likeness (QED) is 0.819. The smallest absolute Gasteiger partial charge is 0.372 e. The number of benzene rings is 2. The first-order valence-electron chi connectivity index (χ1n) is 7.43. The second-order valence-electron chi connectivity index (χ2n) is 5.67. The summed E-state index contributed by atoms with van der Waals surface area (Å²) >= 11 is 0. The van der Waals surface area contributed by atoms with E-state index in [-0.39, 0.29) is 17.7 Å². The van der Waals surface area contributed by atoms with Crippen LogP contribution < -0.4 is 5.32 Å². The Morgan fingerprint density at radius 2 is 1.68 bits per heavy atom. The molecule has 0 radical (unpaired) electrons. The number of nitrogens with one attached hydrogen (secondary N) is 1. The van der Waals surface area contributed by atoms with Crippen LogP contribution in [0, 0.1) is 5.82 Å². The van der Waals surface area contributed by atoms with Crippen molar-refractivity contribution >= 4 is 5.91 Å². The molecule has 0 saturated carbocycles. The minimum Gasteiger partial charge on any atom is -0.372 e. The van der Waals surface area contributed by atoms with Gasteiger partial charge in [0.05, 0.1) is 12.1 Å². The molecule has 0 bridgehead atoms. The minimum absolute atomic E-state index is 0.0513. The Kier molecular flexibility index (Phi) is 5.47. The van der Waals surface area contributed by atoms with Crippen LogP contribution in [-0.4, -0.2) is 19.6 Å². The second kappa shape index (κ2) is 7.23. The van der Waals surface area contributed by atoms with Gasteiger partial charge in [0.15, 0.2) is 0 Å². The second-order valence-corrected chi connectivity index (χ2v) is 5.67. The lowest BCUT2D eigenvalue weighted by Gasteiger charge is -2.29. The SMILES string of the molecule is COC(C)(CNC(=O)c1ccc(C(F)(F)F)cc1)c1ccccc1F. The highest BCUT2D eigenvalue weighted by molar-refractivity contribution is 5.94. The van der Waals surface area contributed by atoms with Crippen LogP contribution in [0.15, 0.2) is 48.5 Å². The van der Waals surface area contributed by atoms with Gasteiger partial charge in [0.2, 0.25) is 0 Å². The fourth-order valence-corrected chi connectivity index (χ4v) is 2.33. The number of hydrogen-bond acceptors (Lipinski definition) is 2. The van der Waals surface area contributed by atoms with Crippen molar-refractivity contribution in [3.05, 3.63) is 71.0 Å². The van der Waals surface area contributed by atoms with Gasteiger partial charge < -0.3 is 10.1 Å². The highest BCUT2D eigenvalue weighted by atomic mass is 19.4. The van der Waals surface area contributed by atoms with Crippen molar-refractivity contribution in [2.24, 2.45) is 0 Å². The molecule has 0 aliphatic heterocycles. The summed E-state index contributed by atoms with van der Waals surface area (Å²) in [5.41, 5.74) is -1.62. The Labute approximate surface area is 142 Å². The van der Waals surface area contributed by atoms with Crippen LogP contribution >= 0.6 is 0 Å². The number of ether oxygens (including phenoxy) is 1. The standard InChI is InChI=1S/C18H17F4NO2/c1-17(25-2,14-5-3-4-6-15(14)19)11-23-16(24)12-7-9-13(10-8-12)18(20,21)22/h3-10H,11H2,1-2H3,(H,23,24). The molecule has 0 heterocycles. The van der Waals surface area contributed by atoms with E-state index in [1.807, 2.05) is 0 Å². The fourth-order valence-electron chi connectivity index (χ4n) is 2.33. The molecular weight excluding hydrogens is 338 g/mol. The van der Waals surface area contributed by atoms with Crippen LogP contribution in [0.25, 0.3) is 0 Å². The number of halogens is 4. The van der Waals surface area contributed by atoms with Gasteiger partial charge in [-0.05, 0) is 37.3 Å². The number of methoxy groups -OCH3 is 1. The van der Waals surface area contributed by atoms with E-state index in [4.69, 9.17) is 4.74 Å². The monoisotopic (exact) mass is 355 g/mol. The molecule has 0 saturated heterocycles. The van der Waals surface area contributed by atoms with Gasteiger partial charge in [-0.2, -0.15) is 13.2 Å². The maximum atomic E-state index is 14.0. The molecule has 0 aliphatic carbocycles. The number of carbonyl (C=O) groups is 1. The summed E-state index contributed by atoms with van der Waals surface area (Å²) in [5.74, 6) is -1.05. The predicted octanol–water partition coefficient (Wildman–Crippen LogP) is 4.14. The third-order valence-corrected chi connectivity index (χ3v) is 3.95. The van der Waals surface area contributed by atoms with Gasteiger partial charge in [0, 0.05) is 18.2 Å². The highest BCUT2D eigenvalue weighted by Crippen LogP contribution is 2.29. The summed E-state index contributed by atoms with van der Waals surface area (Å²) in [4.78, 5) is 12.1. The van der Waals surface area contributed by atoms with Gasteiger partial charge in [0.25, 0.3) is 5.91 Å². The summed E-state index contributed by atoms with van der Waals surface area (Å²) in [6, 6.07) is 9.86. The molecule has 1 N–H and O–H groups in total. The molecule has 1 atom stereocenters. The van der Waals surface area contributed by atoms with E-state index in [1.165, 1.54) is 19.2 Å². The van der Waals surface area contributed by atoms with E-state index in [2.05, 4.69) is 5.32 Å². The van der Waals surface area contributed by atoms with Gasteiger partial charge >= 0.3 is 6.18 Å². The number of carbonyl (C=O) groups excluding carboxylic acids is 1. The highest BCUT2D eigenvalue weighted by Gasteiger charge is 2.31. The van der Waals surface area contributed by atoms with Crippen LogP contribution in [0.2, 0.25) is 0 Å². The number of rotatable bonds is 5. The van der Waals surface area contributed by atoms with Gasteiger partial charge in [0.1, 0.15) is 11.4 Å². The Hall–Kier alpha value is -2.41.